The normalized spacial score (nSPS) is 18.6. The van der Waals surface area contributed by atoms with E-state index in [4.69, 9.17) is 4.74 Å². The van der Waals surface area contributed by atoms with Crippen molar-refractivity contribution in [1.29, 1.82) is 0 Å². The Morgan fingerprint density at radius 1 is 1.47 bits per heavy atom. The molecule has 0 aromatic carbocycles. The van der Waals surface area contributed by atoms with E-state index in [-0.39, 0.29) is 5.91 Å². The number of carbonyl (C=O) groups is 1. The van der Waals surface area contributed by atoms with Crippen LogP contribution in [0, 0.1) is 0 Å². The predicted octanol–water partition coefficient (Wildman–Crippen LogP) is -0.0141. The number of carbonyl (C=O) groups excluding carboxylic acids is 1. The number of hydrogen-bond donors (Lipinski definition) is 2. The first kappa shape index (κ1) is 14.4. The summed E-state index contributed by atoms with van der Waals surface area (Å²) in [6.07, 6.45) is 3.88. The van der Waals surface area contributed by atoms with Gasteiger partial charge in [0.2, 0.25) is 5.91 Å². The smallest absolute Gasteiger partial charge is 0.234 e. The van der Waals surface area contributed by atoms with Gasteiger partial charge in [0.05, 0.1) is 18.8 Å². The number of nitrogens with one attached hydrogen (secondary N) is 1. The van der Waals surface area contributed by atoms with Crippen molar-refractivity contribution in [2.75, 3.05) is 40.4 Å². The standard InChI is InChI=1S/C12H24N2O3/c1-14(9-11(15)13-7-8-17-2)10-12(16)5-3-4-6-12/h16H,3-10H2,1-2H3,(H,13,15). The van der Waals surface area contributed by atoms with Crippen LogP contribution >= 0.6 is 0 Å². The maximum absolute atomic E-state index is 11.5. The Hall–Kier alpha value is -0.650. The Bertz CT molecular complexity index is 240. The van der Waals surface area contributed by atoms with Crippen molar-refractivity contribution in [3.63, 3.8) is 0 Å². The fourth-order valence-electron chi connectivity index (χ4n) is 2.34. The van der Waals surface area contributed by atoms with Gasteiger partial charge in [-0.05, 0) is 19.9 Å². The van der Waals surface area contributed by atoms with Crippen LogP contribution in [-0.2, 0) is 9.53 Å². The van der Waals surface area contributed by atoms with Crippen LogP contribution in [0.2, 0.25) is 0 Å². The minimum absolute atomic E-state index is 0.0221. The second kappa shape index (κ2) is 6.93. The van der Waals surface area contributed by atoms with Gasteiger partial charge in [-0.1, -0.05) is 12.8 Å². The molecule has 1 rings (SSSR count). The van der Waals surface area contributed by atoms with E-state index in [0.29, 0.717) is 26.2 Å². The van der Waals surface area contributed by atoms with Crippen molar-refractivity contribution in [2.24, 2.45) is 0 Å². The third-order valence-electron chi connectivity index (χ3n) is 3.14. The zero-order valence-corrected chi connectivity index (χ0v) is 10.9. The molecule has 1 aliphatic carbocycles. The molecule has 0 bridgehead atoms. The molecule has 0 aliphatic heterocycles. The first-order valence-electron chi connectivity index (χ1n) is 6.22. The molecule has 0 unspecified atom stereocenters. The average Bonchev–Trinajstić information content (AvgIpc) is 2.64. The molecule has 0 radical (unpaired) electrons. The van der Waals surface area contributed by atoms with Crippen LogP contribution in [0.1, 0.15) is 25.7 Å². The highest BCUT2D eigenvalue weighted by molar-refractivity contribution is 5.77. The third kappa shape index (κ3) is 5.48. The fourth-order valence-corrected chi connectivity index (χ4v) is 2.34. The van der Waals surface area contributed by atoms with Crippen LogP contribution in [0.4, 0.5) is 0 Å². The van der Waals surface area contributed by atoms with E-state index in [1.807, 2.05) is 11.9 Å². The molecule has 1 aliphatic rings. The van der Waals surface area contributed by atoms with E-state index in [0.717, 1.165) is 25.7 Å². The zero-order chi connectivity index (χ0) is 12.7. The van der Waals surface area contributed by atoms with Gasteiger partial charge in [-0.15, -0.1) is 0 Å². The highest BCUT2D eigenvalue weighted by atomic mass is 16.5. The van der Waals surface area contributed by atoms with Crippen LogP contribution in [0.25, 0.3) is 0 Å². The van der Waals surface area contributed by atoms with Gasteiger partial charge in [0, 0.05) is 20.2 Å². The van der Waals surface area contributed by atoms with Crippen molar-refractivity contribution in [2.45, 2.75) is 31.3 Å². The number of aliphatic hydroxyl groups is 1. The molecule has 0 aromatic heterocycles. The summed E-state index contributed by atoms with van der Waals surface area (Å²) in [5, 5.41) is 13.0. The number of hydrogen-bond acceptors (Lipinski definition) is 4. The number of amides is 1. The average molecular weight is 244 g/mol. The molecule has 5 heteroatoms. The highest BCUT2D eigenvalue weighted by Gasteiger charge is 2.32. The highest BCUT2D eigenvalue weighted by Crippen LogP contribution is 2.29. The molecular weight excluding hydrogens is 220 g/mol. The van der Waals surface area contributed by atoms with Gasteiger partial charge in [-0.25, -0.2) is 0 Å². The van der Waals surface area contributed by atoms with Crippen molar-refractivity contribution in [1.82, 2.24) is 10.2 Å². The van der Waals surface area contributed by atoms with Crippen LogP contribution in [0.5, 0.6) is 0 Å². The lowest BCUT2D eigenvalue weighted by molar-refractivity contribution is -0.122. The molecule has 2 N–H and O–H groups in total. The molecule has 0 atom stereocenters. The molecule has 0 aromatic rings. The SMILES string of the molecule is COCCNC(=O)CN(C)CC1(O)CCCC1. The Kier molecular flexibility index (Phi) is 5.88. The number of nitrogens with zero attached hydrogens (tertiary/aromatic N) is 1. The first-order valence-corrected chi connectivity index (χ1v) is 6.22. The summed E-state index contributed by atoms with van der Waals surface area (Å²) >= 11 is 0. The van der Waals surface area contributed by atoms with E-state index in [9.17, 15) is 9.90 Å². The summed E-state index contributed by atoms with van der Waals surface area (Å²) in [6, 6.07) is 0. The van der Waals surface area contributed by atoms with Crippen molar-refractivity contribution >= 4 is 5.91 Å². The van der Waals surface area contributed by atoms with Gasteiger partial charge in [-0.3, -0.25) is 9.69 Å². The van der Waals surface area contributed by atoms with E-state index in [1.165, 1.54) is 0 Å². The lowest BCUT2D eigenvalue weighted by Crippen LogP contribution is -2.44. The lowest BCUT2D eigenvalue weighted by Gasteiger charge is -2.28. The van der Waals surface area contributed by atoms with Gasteiger partial charge in [0.15, 0.2) is 0 Å². The van der Waals surface area contributed by atoms with Crippen LogP contribution in [0.15, 0.2) is 0 Å². The summed E-state index contributed by atoms with van der Waals surface area (Å²) in [5.74, 6) is -0.0221. The maximum atomic E-state index is 11.5. The Morgan fingerprint density at radius 2 is 2.12 bits per heavy atom. The minimum atomic E-state index is -0.582. The van der Waals surface area contributed by atoms with E-state index in [1.54, 1.807) is 7.11 Å². The molecule has 0 spiro atoms. The molecule has 5 nitrogen and oxygen atoms in total. The van der Waals surface area contributed by atoms with Crippen LogP contribution < -0.4 is 5.32 Å². The molecular formula is C12H24N2O3. The number of methoxy groups -OCH3 is 1. The molecule has 100 valence electrons. The molecule has 1 amide bonds. The monoisotopic (exact) mass is 244 g/mol. The summed E-state index contributed by atoms with van der Waals surface area (Å²) in [4.78, 5) is 13.4. The summed E-state index contributed by atoms with van der Waals surface area (Å²) < 4.78 is 4.85. The first-order chi connectivity index (χ1) is 8.06. The van der Waals surface area contributed by atoms with Gasteiger partial charge >= 0.3 is 0 Å². The number of rotatable bonds is 7. The van der Waals surface area contributed by atoms with Gasteiger partial charge in [-0.2, -0.15) is 0 Å². The van der Waals surface area contributed by atoms with E-state index >= 15 is 0 Å². The van der Waals surface area contributed by atoms with Gasteiger partial charge in [0.1, 0.15) is 0 Å². The summed E-state index contributed by atoms with van der Waals surface area (Å²) in [6.45, 7) is 1.96. The summed E-state index contributed by atoms with van der Waals surface area (Å²) in [7, 11) is 3.47. The number of ether oxygens (including phenoxy) is 1. The number of likely N-dealkylation sites (N-methyl/N-ethyl adjacent to an activating group) is 1. The molecule has 1 saturated carbocycles. The molecule has 1 fully saturated rings. The molecule has 0 heterocycles. The Labute approximate surface area is 103 Å². The van der Waals surface area contributed by atoms with Crippen molar-refractivity contribution in [3.8, 4) is 0 Å². The molecule has 0 saturated heterocycles. The van der Waals surface area contributed by atoms with Crippen LogP contribution in [-0.4, -0.2) is 61.9 Å². The van der Waals surface area contributed by atoms with Gasteiger partial charge < -0.3 is 15.2 Å². The second-order valence-electron chi connectivity index (χ2n) is 4.95. The largest absolute Gasteiger partial charge is 0.389 e. The second-order valence-corrected chi connectivity index (χ2v) is 4.95. The zero-order valence-electron chi connectivity index (χ0n) is 10.9. The maximum Gasteiger partial charge on any atom is 0.234 e. The van der Waals surface area contributed by atoms with Crippen molar-refractivity contribution < 1.29 is 14.6 Å². The van der Waals surface area contributed by atoms with E-state index < -0.39 is 5.60 Å². The Morgan fingerprint density at radius 3 is 2.71 bits per heavy atom. The van der Waals surface area contributed by atoms with Gasteiger partial charge in [0.25, 0.3) is 0 Å². The van der Waals surface area contributed by atoms with E-state index in [2.05, 4.69) is 5.32 Å². The Balaban J connectivity index is 2.19. The third-order valence-corrected chi connectivity index (χ3v) is 3.14. The lowest BCUT2D eigenvalue weighted by atomic mass is 10.0. The summed E-state index contributed by atoms with van der Waals surface area (Å²) in [5.41, 5.74) is -0.582. The minimum Gasteiger partial charge on any atom is -0.389 e. The van der Waals surface area contributed by atoms with Crippen molar-refractivity contribution in [3.05, 3.63) is 0 Å². The quantitative estimate of drug-likeness (QED) is 0.618. The fraction of sp³-hybridized carbons (Fsp3) is 0.917. The topological polar surface area (TPSA) is 61.8 Å². The molecule has 17 heavy (non-hydrogen) atoms. The predicted molar refractivity (Wildman–Crippen MR) is 65.8 cm³/mol. The van der Waals surface area contributed by atoms with Crippen LogP contribution in [0.3, 0.4) is 0 Å².